The molecule has 0 aliphatic heterocycles. The van der Waals surface area contributed by atoms with Crippen LogP contribution in [0.5, 0.6) is 5.75 Å². The molecule has 1 amide bonds. The summed E-state index contributed by atoms with van der Waals surface area (Å²) < 4.78 is 5.55. The van der Waals surface area contributed by atoms with Gasteiger partial charge < -0.3 is 10.1 Å². The Morgan fingerprint density at radius 3 is 2.57 bits per heavy atom. The third-order valence-corrected chi connectivity index (χ3v) is 3.93. The van der Waals surface area contributed by atoms with Crippen LogP contribution in [0.1, 0.15) is 30.8 Å². The first-order chi connectivity index (χ1) is 10.2. The highest BCUT2D eigenvalue weighted by Crippen LogP contribution is 2.16. The van der Waals surface area contributed by atoms with E-state index in [1.807, 2.05) is 31.2 Å². The first-order valence-corrected chi connectivity index (χ1v) is 7.87. The number of nitrogens with zero attached hydrogens (tertiary/aromatic N) is 2. The monoisotopic (exact) mass is 305 g/mol. The van der Waals surface area contributed by atoms with Crippen molar-refractivity contribution in [3.63, 3.8) is 0 Å². The minimum absolute atomic E-state index is 0.112. The molecule has 1 aromatic heterocycles. The highest BCUT2D eigenvalue weighted by atomic mass is 32.1. The fourth-order valence-electron chi connectivity index (χ4n) is 1.71. The first-order valence-electron chi connectivity index (χ1n) is 7.05. The molecule has 0 saturated heterocycles. The Hall–Kier alpha value is -1.95. The Balaban J connectivity index is 1.73. The lowest BCUT2D eigenvalue weighted by Crippen LogP contribution is -2.15. The summed E-state index contributed by atoms with van der Waals surface area (Å²) in [6.45, 7) is 4.46. The molecule has 2 rings (SSSR count). The highest BCUT2D eigenvalue weighted by molar-refractivity contribution is 7.15. The minimum atomic E-state index is -0.112. The molecule has 1 heterocycles. The quantitative estimate of drug-likeness (QED) is 0.854. The van der Waals surface area contributed by atoms with E-state index in [0.717, 1.165) is 23.6 Å². The molecule has 0 unspecified atom stereocenters. The summed E-state index contributed by atoms with van der Waals surface area (Å²) in [5.41, 5.74) is 1.27. The Morgan fingerprint density at radius 1 is 1.19 bits per heavy atom. The number of ether oxygens (including phenoxy) is 1. The minimum Gasteiger partial charge on any atom is -0.493 e. The lowest BCUT2D eigenvalue weighted by atomic mass is 10.2. The molecule has 0 saturated carbocycles. The number of aromatic nitrogens is 2. The van der Waals surface area contributed by atoms with Gasteiger partial charge in [-0.2, -0.15) is 0 Å². The van der Waals surface area contributed by atoms with Crippen molar-refractivity contribution < 1.29 is 9.53 Å². The van der Waals surface area contributed by atoms with E-state index in [1.165, 1.54) is 16.9 Å². The Labute approximate surface area is 128 Å². The van der Waals surface area contributed by atoms with E-state index >= 15 is 0 Å². The van der Waals surface area contributed by atoms with Crippen LogP contribution in [0.4, 0.5) is 5.13 Å². The van der Waals surface area contributed by atoms with Gasteiger partial charge in [-0.25, -0.2) is 0 Å². The average Bonchev–Trinajstić information content (AvgIpc) is 2.95. The molecular formula is C15H19N3O2S. The van der Waals surface area contributed by atoms with Gasteiger partial charge in [0, 0.05) is 0 Å². The fraction of sp³-hybridized carbons (Fsp3) is 0.400. The standard InChI is InChI=1S/C15H19N3O2S/c1-3-11-5-7-12(8-6-11)20-10-9-13(19)16-15-18-17-14(4-2)21-15/h5-8H,3-4,9-10H2,1-2H3,(H,16,18,19). The maximum atomic E-state index is 11.7. The predicted octanol–water partition coefficient (Wildman–Crippen LogP) is 3.07. The van der Waals surface area contributed by atoms with Gasteiger partial charge in [0.2, 0.25) is 11.0 Å². The molecule has 0 fully saturated rings. The number of carbonyl (C=O) groups is 1. The maximum Gasteiger partial charge on any atom is 0.229 e. The predicted molar refractivity (Wildman–Crippen MR) is 83.8 cm³/mol. The summed E-state index contributed by atoms with van der Waals surface area (Å²) in [5.74, 6) is 0.670. The van der Waals surface area contributed by atoms with E-state index in [1.54, 1.807) is 0 Å². The highest BCUT2D eigenvalue weighted by Gasteiger charge is 2.07. The molecule has 0 radical (unpaired) electrons. The second-order valence-corrected chi connectivity index (χ2v) is 5.56. The summed E-state index contributed by atoms with van der Waals surface area (Å²) in [7, 11) is 0. The SMILES string of the molecule is CCc1ccc(OCCC(=O)Nc2nnc(CC)s2)cc1. The van der Waals surface area contributed by atoms with Crippen LogP contribution in [0.2, 0.25) is 0 Å². The van der Waals surface area contributed by atoms with Crippen molar-refractivity contribution in [3.8, 4) is 5.75 Å². The van der Waals surface area contributed by atoms with Crippen molar-refractivity contribution in [2.45, 2.75) is 33.1 Å². The second-order valence-electron chi connectivity index (χ2n) is 4.50. The van der Waals surface area contributed by atoms with Gasteiger partial charge in [0.25, 0.3) is 0 Å². The molecular weight excluding hydrogens is 286 g/mol. The lowest BCUT2D eigenvalue weighted by molar-refractivity contribution is -0.116. The molecule has 2 aromatic rings. The normalized spacial score (nSPS) is 10.4. The summed E-state index contributed by atoms with van der Waals surface area (Å²) in [6, 6.07) is 7.91. The van der Waals surface area contributed by atoms with Crippen LogP contribution >= 0.6 is 11.3 Å². The summed E-state index contributed by atoms with van der Waals surface area (Å²) in [5, 5.41) is 12.0. The number of aryl methyl sites for hydroxylation is 2. The maximum absolute atomic E-state index is 11.7. The van der Waals surface area contributed by atoms with Gasteiger partial charge in [-0.1, -0.05) is 37.3 Å². The Morgan fingerprint density at radius 2 is 1.95 bits per heavy atom. The van der Waals surface area contributed by atoms with E-state index < -0.39 is 0 Å². The van der Waals surface area contributed by atoms with Gasteiger partial charge in [-0.15, -0.1) is 10.2 Å². The summed E-state index contributed by atoms with van der Waals surface area (Å²) in [6.07, 6.45) is 2.12. The average molecular weight is 305 g/mol. The van der Waals surface area contributed by atoms with E-state index in [4.69, 9.17) is 4.74 Å². The third-order valence-electron chi connectivity index (χ3n) is 2.95. The first kappa shape index (κ1) is 15.4. The fourth-order valence-corrected chi connectivity index (χ4v) is 2.41. The van der Waals surface area contributed by atoms with Gasteiger partial charge in [-0.05, 0) is 30.5 Å². The molecule has 1 N–H and O–H groups in total. The molecule has 1 aromatic carbocycles. The van der Waals surface area contributed by atoms with Crippen LogP contribution in [0.3, 0.4) is 0 Å². The number of hydrogen-bond donors (Lipinski definition) is 1. The number of rotatable bonds is 7. The zero-order valence-electron chi connectivity index (χ0n) is 12.3. The number of anilines is 1. The molecule has 0 atom stereocenters. The Kier molecular flexibility index (Phi) is 5.68. The van der Waals surface area contributed by atoms with Gasteiger partial charge in [-0.3, -0.25) is 4.79 Å². The zero-order chi connectivity index (χ0) is 15.1. The van der Waals surface area contributed by atoms with E-state index in [9.17, 15) is 4.79 Å². The van der Waals surface area contributed by atoms with Gasteiger partial charge >= 0.3 is 0 Å². The van der Waals surface area contributed by atoms with Crippen LogP contribution in [-0.2, 0) is 17.6 Å². The van der Waals surface area contributed by atoms with Crippen LogP contribution in [0.25, 0.3) is 0 Å². The Bertz CT molecular complexity index is 581. The largest absolute Gasteiger partial charge is 0.493 e. The van der Waals surface area contributed by atoms with Crippen LogP contribution in [0.15, 0.2) is 24.3 Å². The number of benzene rings is 1. The van der Waals surface area contributed by atoms with E-state index in [2.05, 4.69) is 22.4 Å². The topological polar surface area (TPSA) is 64.1 Å². The molecule has 6 heteroatoms. The van der Waals surface area contributed by atoms with Crippen LogP contribution in [-0.4, -0.2) is 22.7 Å². The molecule has 5 nitrogen and oxygen atoms in total. The van der Waals surface area contributed by atoms with Gasteiger partial charge in [0.05, 0.1) is 13.0 Å². The van der Waals surface area contributed by atoms with Gasteiger partial charge in [0.1, 0.15) is 10.8 Å². The zero-order valence-corrected chi connectivity index (χ0v) is 13.1. The molecule has 0 aliphatic rings. The van der Waals surface area contributed by atoms with Crippen molar-refractivity contribution in [2.24, 2.45) is 0 Å². The number of carbonyl (C=O) groups excluding carboxylic acids is 1. The van der Waals surface area contributed by atoms with Crippen molar-refractivity contribution in [1.29, 1.82) is 0 Å². The van der Waals surface area contributed by atoms with Crippen LogP contribution < -0.4 is 10.1 Å². The molecule has 0 bridgehead atoms. The molecule has 0 aliphatic carbocycles. The lowest BCUT2D eigenvalue weighted by Gasteiger charge is -2.06. The van der Waals surface area contributed by atoms with E-state index in [0.29, 0.717) is 11.7 Å². The van der Waals surface area contributed by atoms with Crippen molar-refractivity contribution in [1.82, 2.24) is 10.2 Å². The van der Waals surface area contributed by atoms with Crippen LogP contribution in [0, 0.1) is 0 Å². The molecule has 21 heavy (non-hydrogen) atoms. The second kappa shape index (κ2) is 7.73. The number of amides is 1. The van der Waals surface area contributed by atoms with Gasteiger partial charge in [0.15, 0.2) is 0 Å². The number of hydrogen-bond acceptors (Lipinski definition) is 5. The van der Waals surface area contributed by atoms with E-state index in [-0.39, 0.29) is 12.3 Å². The summed E-state index contributed by atoms with van der Waals surface area (Å²) in [4.78, 5) is 11.7. The van der Waals surface area contributed by atoms with Crippen molar-refractivity contribution in [2.75, 3.05) is 11.9 Å². The van der Waals surface area contributed by atoms with Crippen molar-refractivity contribution in [3.05, 3.63) is 34.8 Å². The molecule has 0 spiro atoms. The molecule has 112 valence electrons. The van der Waals surface area contributed by atoms with Crippen molar-refractivity contribution >= 4 is 22.4 Å². The smallest absolute Gasteiger partial charge is 0.229 e. The number of nitrogens with one attached hydrogen (secondary N) is 1. The third kappa shape index (κ3) is 4.82. The summed E-state index contributed by atoms with van der Waals surface area (Å²) >= 11 is 1.40.